The van der Waals surface area contributed by atoms with Crippen molar-refractivity contribution >= 4 is 12.4 Å². The average molecular weight is 399 g/mol. The summed E-state index contributed by atoms with van der Waals surface area (Å²) in [6.07, 6.45) is 3.87. The fourth-order valence-corrected chi connectivity index (χ4v) is 2.69. The molecule has 0 heterocycles. The van der Waals surface area contributed by atoms with E-state index in [0.717, 1.165) is 43.1 Å². The highest BCUT2D eigenvalue weighted by molar-refractivity contribution is 5.67. The number of rotatable bonds is 14. The van der Waals surface area contributed by atoms with Gasteiger partial charge in [0.25, 0.3) is 0 Å². The van der Waals surface area contributed by atoms with Gasteiger partial charge in [0.2, 0.25) is 0 Å². The van der Waals surface area contributed by atoms with Gasteiger partial charge in [0, 0.05) is 13.0 Å². The minimum Gasteiger partial charge on any atom is -0.445 e. The summed E-state index contributed by atoms with van der Waals surface area (Å²) in [5, 5.41) is 2.74. The molecule has 2 aromatic rings. The zero-order valence-electron chi connectivity index (χ0n) is 16.6. The summed E-state index contributed by atoms with van der Waals surface area (Å²) in [6.45, 7) is 1.29. The summed E-state index contributed by atoms with van der Waals surface area (Å²) in [5.74, 6) is 0. The van der Waals surface area contributed by atoms with Crippen LogP contribution in [0.2, 0.25) is 0 Å². The Morgan fingerprint density at radius 2 is 1.55 bits per heavy atom. The van der Waals surface area contributed by atoms with Gasteiger partial charge in [0.05, 0.1) is 6.61 Å². The lowest BCUT2D eigenvalue weighted by molar-refractivity contribution is -0.313. The second-order valence-corrected chi connectivity index (χ2v) is 6.69. The van der Waals surface area contributed by atoms with Gasteiger partial charge in [0.15, 0.2) is 12.4 Å². The van der Waals surface area contributed by atoms with Crippen LogP contribution in [0.15, 0.2) is 60.7 Å². The Hall–Kier alpha value is -2.70. The maximum Gasteiger partial charge on any atom is 0.407 e. The summed E-state index contributed by atoms with van der Waals surface area (Å²) in [6, 6.07) is 19.3. The Morgan fingerprint density at radius 3 is 2.24 bits per heavy atom. The first kappa shape index (κ1) is 22.6. The highest BCUT2D eigenvalue weighted by Gasteiger charge is 2.09. The quantitative estimate of drug-likeness (QED) is 0.223. The number of amides is 1. The number of carbonyl (C=O) groups is 2. The van der Waals surface area contributed by atoms with E-state index < -0.39 is 12.2 Å². The number of hydrogen-bond acceptors (Lipinski definition) is 5. The molecular formula is C23H29NO5. The first-order chi connectivity index (χ1) is 14.3. The molecule has 0 saturated heterocycles. The van der Waals surface area contributed by atoms with E-state index in [9.17, 15) is 9.59 Å². The van der Waals surface area contributed by atoms with E-state index >= 15 is 0 Å². The molecule has 0 aliphatic carbocycles. The van der Waals surface area contributed by atoms with E-state index in [0.29, 0.717) is 19.6 Å². The van der Waals surface area contributed by atoms with E-state index in [-0.39, 0.29) is 6.61 Å². The van der Waals surface area contributed by atoms with Crippen LogP contribution in [0.3, 0.4) is 0 Å². The zero-order valence-corrected chi connectivity index (χ0v) is 16.6. The summed E-state index contributed by atoms with van der Waals surface area (Å²) < 4.78 is 5.15. The molecule has 0 radical (unpaired) electrons. The third-order valence-corrected chi connectivity index (χ3v) is 4.26. The number of carbonyl (C=O) groups excluding carboxylic acids is 2. The second kappa shape index (κ2) is 14.3. The fourth-order valence-electron chi connectivity index (χ4n) is 2.69. The number of aldehydes is 1. The van der Waals surface area contributed by atoms with Gasteiger partial charge in [-0.15, -0.1) is 0 Å². The largest absolute Gasteiger partial charge is 0.445 e. The molecule has 0 bridgehead atoms. The molecule has 0 aliphatic rings. The molecule has 2 aromatic carbocycles. The van der Waals surface area contributed by atoms with Crippen molar-refractivity contribution in [1.29, 1.82) is 0 Å². The Kier molecular flexibility index (Phi) is 11.2. The van der Waals surface area contributed by atoms with Crippen molar-refractivity contribution in [2.24, 2.45) is 0 Å². The SMILES string of the molecule is O=CC(Cc1ccccc1)OOCCCCCCNC(=O)OCc1ccccc1. The summed E-state index contributed by atoms with van der Waals surface area (Å²) in [5.41, 5.74) is 1.99. The number of nitrogens with one attached hydrogen (secondary N) is 1. The van der Waals surface area contributed by atoms with Gasteiger partial charge in [-0.05, 0) is 24.0 Å². The predicted octanol–water partition coefficient (Wildman–Crippen LogP) is 4.23. The Bertz CT molecular complexity index is 693. The van der Waals surface area contributed by atoms with Gasteiger partial charge in [-0.3, -0.25) is 0 Å². The second-order valence-electron chi connectivity index (χ2n) is 6.69. The third kappa shape index (κ3) is 10.4. The summed E-state index contributed by atoms with van der Waals surface area (Å²) >= 11 is 0. The van der Waals surface area contributed by atoms with Crippen LogP contribution in [-0.2, 0) is 32.3 Å². The molecule has 0 aromatic heterocycles. The molecule has 1 N–H and O–H groups in total. The van der Waals surface area contributed by atoms with Gasteiger partial charge >= 0.3 is 6.09 Å². The molecule has 6 nitrogen and oxygen atoms in total. The van der Waals surface area contributed by atoms with E-state index in [2.05, 4.69) is 5.32 Å². The molecule has 0 spiro atoms. The molecule has 0 saturated carbocycles. The molecule has 29 heavy (non-hydrogen) atoms. The first-order valence-electron chi connectivity index (χ1n) is 10.00. The van der Waals surface area contributed by atoms with E-state index in [1.165, 1.54) is 0 Å². The predicted molar refractivity (Wildman–Crippen MR) is 110 cm³/mol. The van der Waals surface area contributed by atoms with Crippen molar-refractivity contribution in [3.8, 4) is 0 Å². The number of hydrogen-bond donors (Lipinski definition) is 1. The van der Waals surface area contributed by atoms with Crippen molar-refractivity contribution in [3.05, 3.63) is 71.8 Å². The van der Waals surface area contributed by atoms with Crippen LogP contribution in [0.5, 0.6) is 0 Å². The molecule has 1 unspecified atom stereocenters. The van der Waals surface area contributed by atoms with E-state index in [1.54, 1.807) is 0 Å². The van der Waals surface area contributed by atoms with Crippen molar-refractivity contribution in [2.75, 3.05) is 13.2 Å². The molecule has 1 amide bonds. The van der Waals surface area contributed by atoms with Crippen LogP contribution >= 0.6 is 0 Å². The third-order valence-electron chi connectivity index (χ3n) is 4.26. The van der Waals surface area contributed by atoms with Crippen LogP contribution < -0.4 is 5.32 Å². The van der Waals surface area contributed by atoms with Crippen molar-refractivity contribution in [3.63, 3.8) is 0 Å². The lowest BCUT2D eigenvalue weighted by atomic mass is 10.1. The normalized spacial score (nSPS) is 11.6. The van der Waals surface area contributed by atoms with Gasteiger partial charge in [-0.2, -0.15) is 0 Å². The molecule has 0 fully saturated rings. The van der Waals surface area contributed by atoms with Gasteiger partial charge < -0.3 is 14.8 Å². The first-order valence-corrected chi connectivity index (χ1v) is 10.00. The smallest absolute Gasteiger partial charge is 0.407 e. The highest BCUT2D eigenvalue weighted by atomic mass is 17.2. The minimum absolute atomic E-state index is 0.274. The molecular weight excluding hydrogens is 370 g/mol. The minimum atomic E-state index is -0.594. The number of ether oxygens (including phenoxy) is 1. The lowest BCUT2D eigenvalue weighted by Gasteiger charge is -2.11. The Morgan fingerprint density at radius 1 is 0.897 bits per heavy atom. The Balaban J connectivity index is 1.41. The van der Waals surface area contributed by atoms with Crippen molar-refractivity contribution in [2.45, 2.75) is 44.8 Å². The number of unbranched alkanes of at least 4 members (excludes halogenated alkanes) is 3. The van der Waals surface area contributed by atoms with Crippen molar-refractivity contribution < 1.29 is 24.1 Å². The monoisotopic (exact) mass is 399 g/mol. The van der Waals surface area contributed by atoms with Crippen LogP contribution in [0.25, 0.3) is 0 Å². The number of benzene rings is 2. The van der Waals surface area contributed by atoms with Gasteiger partial charge in [0.1, 0.15) is 6.61 Å². The van der Waals surface area contributed by atoms with Crippen LogP contribution in [0.4, 0.5) is 4.79 Å². The average Bonchev–Trinajstić information content (AvgIpc) is 2.77. The fraction of sp³-hybridized carbons (Fsp3) is 0.391. The summed E-state index contributed by atoms with van der Waals surface area (Å²) in [4.78, 5) is 33.0. The van der Waals surface area contributed by atoms with Crippen LogP contribution in [-0.4, -0.2) is 31.6 Å². The van der Waals surface area contributed by atoms with Gasteiger partial charge in [-0.1, -0.05) is 73.5 Å². The molecule has 156 valence electrons. The maximum atomic E-state index is 11.6. The highest BCUT2D eigenvalue weighted by Crippen LogP contribution is 2.06. The van der Waals surface area contributed by atoms with Gasteiger partial charge in [-0.25, -0.2) is 14.6 Å². The van der Waals surface area contributed by atoms with E-state index in [4.69, 9.17) is 14.5 Å². The lowest BCUT2D eigenvalue weighted by Crippen LogP contribution is -2.25. The standard InChI is InChI=1S/C23H29NO5/c25-18-22(17-20-11-5-3-6-12-20)29-28-16-10-2-1-9-15-24-23(26)27-19-21-13-7-4-8-14-21/h3-8,11-14,18,22H,1-2,9-10,15-17,19H2,(H,24,26). The van der Waals surface area contributed by atoms with E-state index in [1.807, 2.05) is 60.7 Å². The zero-order chi connectivity index (χ0) is 20.6. The molecule has 1 atom stereocenters. The number of alkyl carbamates (subject to hydrolysis) is 1. The molecule has 6 heteroatoms. The topological polar surface area (TPSA) is 73.9 Å². The van der Waals surface area contributed by atoms with Crippen molar-refractivity contribution in [1.82, 2.24) is 5.32 Å². The maximum absolute atomic E-state index is 11.6. The molecule has 2 rings (SSSR count). The summed E-state index contributed by atoms with van der Waals surface area (Å²) in [7, 11) is 0. The van der Waals surface area contributed by atoms with Crippen LogP contribution in [0, 0.1) is 0 Å². The molecule has 0 aliphatic heterocycles. The Labute approximate surface area is 172 Å². The van der Waals surface area contributed by atoms with Crippen LogP contribution in [0.1, 0.15) is 36.8 Å².